The van der Waals surface area contributed by atoms with E-state index in [9.17, 15) is 0 Å². The number of hydrogen-bond donors (Lipinski definition) is 0. The Hall–Kier alpha value is -1.84. The van der Waals surface area contributed by atoms with E-state index in [2.05, 4.69) is 40.7 Å². The van der Waals surface area contributed by atoms with Crippen molar-refractivity contribution in [3.05, 3.63) is 41.5 Å². The predicted octanol–water partition coefficient (Wildman–Crippen LogP) is 3.62. The highest BCUT2D eigenvalue weighted by molar-refractivity contribution is 5.28. The monoisotopic (exact) mass is 271 g/mol. The van der Waals surface area contributed by atoms with E-state index in [1.54, 1.807) is 0 Å². The van der Waals surface area contributed by atoms with Gasteiger partial charge in [-0.1, -0.05) is 26.0 Å². The van der Waals surface area contributed by atoms with E-state index in [1.807, 2.05) is 19.1 Å². The lowest BCUT2D eigenvalue weighted by atomic mass is 10.0. The Bertz CT molecular complexity index is 582. The minimum atomic E-state index is 0.484. The zero-order valence-corrected chi connectivity index (χ0v) is 12.3. The Labute approximate surface area is 119 Å². The van der Waals surface area contributed by atoms with Gasteiger partial charge >= 0.3 is 0 Å². The quantitative estimate of drug-likeness (QED) is 0.833. The molecule has 2 aromatic rings. The van der Waals surface area contributed by atoms with Crippen LogP contribution in [0.15, 0.2) is 24.3 Å². The molecule has 0 N–H and O–H groups in total. The summed E-state index contributed by atoms with van der Waals surface area (Å²) >= 11 is 0. The van der Waals surface area contributed by atoms with E-state index in [0.717, 1.165) is 17.4 Å². The molecule has 1 fully saturated rings. The van der Waals surface area contributed by atoms with E-state index < -0.39 is 0 Å². The average Bonchev–Trinajstić information content (AvgIpc) is 3.21. The largest absolute Gasteiger partial charge is 0.486 e. The molecule has 0 amide bonds. The Balaban J connectivity index is 1.67. The maximum atomic E-state index is 5.84. The lowest BCUT2D eigenvalue weighted by Gasteiger charge is -2.10. The summed E-state index contributed by atoms with van der Waals surface area (Å²) in [6.45, 7) is 6.87. The zero-order chi connectivity index (χ0) is 14.1. The van der Waals surface area contributed by atoms with Gasteiger partial charge in [-0.05, 0) is 43.4 Å². The van der Waals surface area contributed by atoms with Gasteiger partial charge in [0.05, 0.1) is 0 Å². The SMILES string of the molecule is Cc1nnc(COc2ccc(C(C)C)cc2)n1C1CC1. The fraction of sp³-hybridized carbons (Fsp3) is 0.500. The standard InChI is InChI=1S/C16H21N3O/c1-11(2)13-4-8-15(9-5-13)20-10-16-18-17-12(3)19(16)14-6-7-14/h4-5,8-9,11,14H,6-7,10H2,1-3H3. The molecular formula is C16H21N3O. The van der Waals surface area contributed by atoms with Gasteiger partial charge in [-0.3, -0.25) is 0 Å². The fourth-order valence-electron chi connectivity index (χ4n) is 2.42. The van der Waals surface area contributed by atoms with Gasteiger partial charge < -0.3 is 9.30 Å². The van der Waals surface area contributed by atoms with Crippen LogP contribution in [0.1, 0.15) is 55.9 Å². The molecular weight excluding hydrogens is 250 g/mol. The summed E-state index contributed by atoms with van der Waals surface area (Å²) in [5.41, 5.74) is 1.33. The van der Waals surface area contributed by atoms with Crippen LogP contribution in [-0.4, -0.2) is 14.8 Å². The van der Waals surface area contributed by atoms with Crippen molar-refractivity contribution in [1.29, 1.82) is 0 Å². The molecule has 0 atom stereocenters. The molecule has 1 aliphatic rings. The van der Waals surface area contributed by atoms with Crippen LogP contribution in [0.25, 0.3) is 0 Å². The summed E-state index contributed by atoms with van der Waals surface area (Å²) < 4.78 is 8.05. The van der Waals surface area contributed by atoms with Crippen molar-refractivity contribution < 1.29 is 4.74 Å². The van der Waals surface area contributed by atoms with Gasteiger partial charge in [0, 0.05) is 6.04 Å². The van der Waals surface area contributed by atoms with E-state index >= 15 is 0 Å². The smallest absolute Gasteiger partial charge is 0.171 e. The molecule has 0 saturated heterocycles. The molecule has 20 heavy (non-hydrogen) atoms. The second kappa shape index (κ2) is 5.27. The molecule has 1 aromatic heterocycles. The van der Waals surface area contributed by atoms with Crippen molar-refractivity contribution in [1.82, 2.24) is 14.8 Å². The zero-order valence-electron chi connectivity index (χ0n) is 12.3. The van der Waals surface area contributed by atoms with Crippen LogP contribution in [0.5, 0.6) is 5.75 Å². The topological polar surface area (TPSA) is 39.9 Å². The first-order valence-corrected chi connectivity index (χ1v) is 7.28. The number of ether oxygens (including phenoxy) is 1. The number of aromatic nitrogens is 3. The molecule has 106 valence electrons. The third kappa shape index (κ3) is 2.69. The van der Waals surface area contributed by atoms with Gasteiger partial charge in [0.1, 0.15) is 18.2 Å². The Morgan fingerprint density at radius 3 is 2.50 bits per heavy atom. The van der Waals surface area contributed by atoms with Crippen molar-refractivity contribution in [2.45, 2.75) is 52.2 Å². The normalized spacial score (nSPS) is 14.8. The minimum absolute atomic E-state index is 0.484. The predicted molar refractivity (Wildman–Crippen MR) is 77.9 cm³/mol. The highest BCUT2D eigenvalue weighted by atomic mass is 16.5. The highest BCUT2D eigenvalue weighted by Gasteiger charge is 2.28. The second-order valence-corrected chi connectivity index (χ2v) is 5.78. The number of hydrogen-bond acceptors (Lipinski definition) is 3. The molecule has 1 aromatic carbocycles. The van der Waals surface area contributed by atoms with Crippen molar-refractivity contribution in [3.63, 3.8) is 0 Å². The molecule has 0 radical (unpaired) electrons. The maximum Gasteiger partial charge on any atom is 0.171 e. The third-order valence-electron chi connectivity index (χ3n) is 3.76. The molecule has 1 heterocycles. The van der Waals surface area contributed by atoms with Crippen molar-refractivity contribution in [2.24, 2.45) is 0 Å². The molecule has 0 bridgehead atoms. The number of rotatable bonds is 5. The van der Waals surface area contributed by atoms with Gasteiger partial charge in [0.25, 0.3) is 0 Å². The van der Waals surface area contributed by atoms with E-state index in [4.69, 9.17) is 4.74 Å². The van der Waals surface area contributed by atoms with Crippen molar-refractivity contribution >= 4 is 0 Å². The summed E-state index contributed by atoms with van der Waals surface area (Å²) in [7, 11) is 0. The summed E-state index contributed by atoms with van der Waals surface area (Å²) in [5.74, 6) is 3.35. The molecule has 0 aliphatic heterocycles. The first kappa shape index (κ1) is 13.2. The van der Waals surface area contributed by atoms with E-state index in [0.29, 0.717) is 18.6 Å². The molecule has 4 nitrogen and oxygen atoms in total. The van der Waals surface area contributed by atoms with Crippen LogP contribution in [0.3, 0.4) is 0 Å². The first-order valence-electron chi connectivity index (χ1n) is 7.28. The highest BCUT2D eigenvalue weighted by Crippen LogP contribution is 2.36. The Kier molecular flexibility index (Phi) is 3.47. The lowest BCUT2D eigenvalue weighted by Crippen LogP contribution is -2.07. The van der Waals surface area contributed by atoms with Crippen molar-refractivity contribution in [3.8, 4) is 5.75 Å². The summed E-state index contributed by atoms with van der Waals surface area (Å²) in [6, 6.07) is 8.89. The van der Waals surface area contributed by atoms with Gasteiger partial charge in [-0.15, -0.1) is 10.2 Å². The lowest BCUT2D eigenvalue weighted by molar-refractivity contribution is 0.288. The van der Waals surface area contributed by atoms with E-state index in [1.165, 1.54) is 18.4 Å². The molecule has 4 heteroatoms. The van der Waals surface area contributed by atoms with E-state index in [-0.39, 0.29) is 0 Å². The summed E-state index contributed by atoms with van der Waals surface area (Å²) in [5, 5.41) is 8.39. The van der Waals surface area contributed by atoms with Crippen LogP contribution in [0, 0.1) is 6.92 Å². The number of benzene rings is 1. The van der Waals surface area contributed by atoms with Crippen LogP contribution in [0.2, 0.25) is 0 Å². The first-order chi connectivity index (χ1) is 9.65. The Morgan fingerprint density at radius 1 is 1.20 bits per heavy atom. The van der Waals surface area contributed by atoms with Crippen LogP contribution in [0.4, 0.5) is 0 Å². The molecule has 1 aliphatic carbocycles. The third-order valence-corrected chi connectivity index (χ3v) is 3.76. The summed E-state index contributed by atoms with van der Waals surface area (Å²) in [6.07, 6.45) is 2.46. The van der Waals surface area contributed by atoms with Crippen LogP contribution in [-0.2, 0) is 6.61 Å². The average molecular weight is 271 g/mol. The van der Waals surface area contributed by atoms with Crippen molar-refractivity contribution in [2.75, 3.05) is 0 Å². The number of aryl methyl sites for hydroxylation is 1. The molecule has 1 saturated carbocycles. The van der Waals surface area contributed by atoms with Gasteiger partial charge in [-0.25, -0.2) is 0 Å². The summed E-state index contributed by atoms with van der Waals surface area (Å²) in [4.78, 5) is 0. The molecule has 0 spiro atoms. The molecule has 0 unspecified atom stereocenters. The van der Waals surface area contributed by atoms with Gasteiger partial charge in [-0.2, -0.15) is 0 Å². The van der Waals surface area contributed by atoms with Crippen LogP contribution >= 0.6 is 0 Å². The second-order valence-electron chi connectivity index (χ2n) is 5.78. The van der Waals surface area contributed by atoms with Crippen LogP contribution < -0.4 is 4.74 Å². The molecule has 3 rings (SSSR count). The fourth-order valence-corrected chi connectivity index (χ4v) is 2.42. The van der Waals surface area contributed by atoms with Gasteiger partial charge in [0.15, 0.2) is 5.82 Å². The van der Waals surface area contributed by atoms with Gasteiger partial charge in [0.2, 0.25) is 0 Å². The number of nitrogens with zero attached hydrogens (tertiary/aromatic N) is 3. The minimum Gasteiger partial charge on any atom is -0.486 e. The maximum absolute atomic E-state index is 5.84. The Morgan fingerprint density at radius 2 is 1.90 bits per heavy atom.